The van der Waals surface area contributed by atoms with Gasteiger partial charge in [0, 0.05) is 43.7 Å². The molecule has 0 aromatic rings. The number of hydrogen-bond donors (Lipinski definition) is 2. The van der Waals surface area contributed by atoms with Gasteiger partial charge in [0.1, 0.15) is 0 Å². The summed E-state index contributed by atoms with van der Waals surface area (Å²) in [6.45, 7) is 2.67. The maximum Gasteiger partial charge on any atom is 0.221 e. The molecule has 2 N–H and O–H groups in total. The second-order valence-corrected chi connectivity index (χ2v) is 6.21. The topological polar surface area (TPSA) is 50.4 Å². The molecule has 19 heavy (non-hydrogen) atoms. The number of carbonyl (C=O) groups excluding carboxylic acids is 1. The Labute approximate surface area is 126 Å². The molecule has 0 aromatic heterocycles. The summed E-state index contributed by atoms with van der Waals surface area (Å²) in [5, 5.41) is 6.39. The number of amides is 1. The SMILES string of the molecule is Cl.O=C(CC1CSCCN1)NCCC1CCCCO1. The number of halogens is 1. The summed E-state index contributed by atoms with van der Waals surface area (Å²) >= 11 is 1.93. The number of carbonyl (C=O) groups is 1. The molecule has 2 saturated heterocycles. The first-order valence-electron chi connectivity index (χ1n) is 7.04. The lowest BCUT2D eigenvalue weighted by atomic mass is 10.1. The van der Waals surface area contributed by atoms with E-state index in [4.69, 9.17) is 4.74 Å². The van der Waals surface area contributed by atoms with Gasteiger partial charge in [0.2, 0.25) is 5.91 Å². The fraction of sp³-hybridized carbons (Fsp3) is 0.923. The fourth-order valence-corrected chi connectivity index (χ4v) is 3.40. The summed E-state index contributed by atoms with van der Waals surface area (Å²) in [4.78, 5) is 11.8. The van der Waals surface area contributed by atoms with Gasteiger partial charge in [0.05, 0.1) is 6.10 Å². The zero-order valence-electron chi connectivity index (χ0n) is 11.4. The maximum absolute atomic E-state index is 11.8. The van der Waals surface area contributed by atoms with Gasteiger partial charge >= 0.3 is 0 Å². The van der Waals surface area contributed by atoms with Gasteiger partial charge in [0.25, 0.3) is 0 Å². The third-order valence-electron chi connectivity index (χ3n) is 3.49. The highest BCUT2D eigenvalue weighted by Gasteiger charge is 2.17. The van der Waals surface area contributed by atoms with E-state index in [-0.39, 0.29) is 18.3 Å². The molecule has 0 spiro atoms. The summed E-state index contributed by atoms with van der Waals surface area (Å²) in [6, 6.07) is 0.356. The molecule has 2 rings (SSSR count). The number of nitrogens with one attached hydrogen (secondary N) is 2. The van der Waals surface area contributed by atoms with Crippen LogP contribution in [-0.2, 0) is 9.53 Å². The van der Waals surface area contributed by atoms with Crippen LogP contribution in [0.15, 0.2) is 0 Å². The standard InChI is InChI=1S/C13H24N2O2S.ClH/c16-13(9-11-10-18-8-6-14-11)15-5-4-12-3-1-2-7-17-12;/h11-12,14H,1-10H2,(H,15,16);1H. The highest BCUT2D eigenvalue weighted by atomic mass is 35.5. The second-order valence-electron chi connectivity index (χ2n) is 5.06. The molecule has 0 aromatic carbocycles. The molecule has 2 heterocycles. The first-order chi connectivity index (χ1) is 8.84. The van der Waals surface area contributed by atoms with Crippen LogP contribution in [0.4, 0.5) is 0 Å². The van der Waals surface area contributed by atoms with E-state index >= 15 is 0 Å². The molecule has 1 amide bonds. The Morgan fingerprint density at radius 3 is 3.00 bits per heavy atom. The number of ether oxygens (including phenoxy) is 1. The molecule has 0 aliphatic carbocycles. The van der Waals surface area contributed by atoms with Crippen molar-refractivity contribution < 1.29 is 9.53 Å². The van der Waals surface area contributed by atoms with Crippen molar-refractivity contribution in [1.29, 1.82) is 0 Å². The number of hydrogen-bond acceptors (Lipinski definition) is 4. The quantitative estimate of drug-likeness (QED) is 0.809. The highest BCUT2D eigenvalue weighted by Crippen LogP contribution is 2.15. The number of thioether (sulfide) groups is 1. The summed E-state index contributed by atoms with van der Waals surface area (Å²) in [7, 11) is 0. The van der Waals surface area contributed by atoms with Gasteiger partial charge in [-0.2, -0.15) is 11.8 Å². The van der Waals surface area contributed by atoms with Crippen molar-refractivity contribution in [3.05, 3.63) is 0 Å². The van der Waals surface area contributed by atoms with Crippen molar-refractivity contribution in [3.8, 4) is 0 Å². The first kappa shape index (κ1) is 17.1. The molecule has 0 saturated carbocycles. The van der Waals surface area contributed by atoms with E-state index in [1.54, 1.807) is 0 Å². The first-order valence-corrected chi connectivity index (χ1v) is 8.19. The minimum Gasteiger partial charge on any atom is -0.378 e. The van der Waals surface area contributed by atoms with Crippen molar-refractivity contribution >= 4 is 30.1 Å². The average Bonchev–Trinajstić information content (AvgIpc) is 2.41. The van der Waals surface area contributed by atoms with Crippen LogP contribution < -0.4 is 10.6 Å². The monoisotopic (exact) mass is 308 g/mol. The fourth-order valence-electron chi connectivity index (χ4n) is 2.45. The lowest BCUT2D eigenvalue weighted by molar-refractivity contribution is -0.121. The van der Waals surface area contributed by atoms with E-state index in [1.807, 2.05) is 11.8 Å². The van der Waals surface area contributed by atoms with Gasteiger partial charge in [-0.25, -0.2) is 0 Å². The zero-order valence-corrected chi connectivity index (χ0v) is 13.0. The van der Waals surface area contributed by atoms with Crippen LogP contribution >= 0.6 is 24.2 Å². The van der Waals surface area contributed by atoms with Crippen molar-refractivity contribution in [1.82, 2.24) is 10.6 Å². The molecule has 0 bridgehead atoms. The van der Waals surface area contributed by atoms with Gasteiger partial charge < -0.3 is 15.4 Å². The normalized spacial score (nSPS) is 27.4. The minimum atomic E-state index is 0. The summed E-state index contributed by atoms with van der Waals surface area (Å²) in [5.41, 5.74) is 0. The molecule has 4 nitrogen and oxygen atoms in total. The van der Waals surface area contributed by atoms with Crippen LogP contribution in [0.1, 0.15) is 32.1 Å². The average molecular weight is 309 g/mol. The van der Waals surface area contributed by atoms with Crippen LogP contribution in [0.3, 0.4) is 0 Å². The van der Waals surface area contributed by atoms with Gasteiger partial charge in [-0.3, -0.25) is 4.79 Å². The Bertz CT molecular complexity index is 257. The van der Waals surface area contributed by atoms with Crippen LogP contribution in [-0.4, -0.2) is 49.3 Å². The van der Waals surface area contributed by atoms with Gasteiger partial charge in [-0.1, -0.05) is 0 Å². The third-order valence-corrected chi connectivity index (χ3v) is 4.62. The molecule has 2 fully saturated rings. The van der Waals surface area contributed by atoms with E-state index in [1.165, 1.54) is 12.8 Å². The predicted octanol–water partition coefficient (Wildman–Crippen LogP) is 1.58. The van der Waals surface area contributed by atoms with E-state index in [0.717, 1.165) is 44.0 Å². The van der Waals surface area contributed by atoms with Crippen molar-refractivity contribution in [2.45, 2.75) is 44.2 Å². The zero-order chi connectivity index (χ0) is 12.6. The summed E-state index contributed by atoms with van der Waals surface area (Å²) < 4.78 is 5.64. The van der Waals surface area contributed by atoms with Gasteiger partial charge in [-0.15, -0.1) is 12.4 Å². The Hall–Kier alpha value is 0.0300. The Balaban J connectivity index is 0.00000180. The lowest BCUT2D eigenvalue weighted by Gasteiger charge is -2.24. The molecule has 6 heteroatoms. The molecule has 2 aliphatic heterocycles. The lowest BCUT2D eigenvalue weighted by Crippen LogP contribution is -2.41. The summed E-state index contributed by atoms with van der Waals surface area (Å²) in [5.74, 6) is 2.39. The van der Waals surface area contributed by atoms with Crippen LogP contribution in [0.25, 0.3) is 0 Å². The van der Waals surface area contributed by atoms with Crippen molar-refractivity contribution in [3.63, 3.8) is 0 Å². The van der Waals surface area contributed by atoms with Crippen molar-refractivity contribution in [2.24, 2.45) is 0 Å². The largest absolute Gasteiger partial charge is 0.378 e. The Morgan fingerprint density at radius 1 is 1.42 bits per heavy atom. The van der Waals surface area contributed by atoms with Gasteiger partial charge in [-0.05, 0) is 25.7 Å². The smallest absolute Gasteiger partial charge is 0.221 e. The molecule has 2 atom stereocenters. The van der Waals surface area contributed by atoms with E-state index < -0.39 is 0 Å². The van der Waals surface area contributed by atoms with E-state index in [2.05, 4.69) is 10.6 Å². The van der Waals surface area contributed by atoms with Crippen LogP contribution in [0, 0.1) is 0 Å². The molecular weight excluding hydrogens is 284 g/mol. The maximum atomic E-state index is 11.8. The third kappa shape index (κ3) is 6.84. The molecule has 0 radical (unpaired) electrons. The molecule has 2 unspecified atom stereocenters. The minimum absolute atomic E-state index is 0. The van der Waals surface area contributed by atoms with Crippen LogP contribution in [0.5, 0.6) is 0 Å². The van der Waals surface area contributed by atoms with Gasteiger partial charge in [0.15, 0.2) is 0 Å². The highest BCUT2D eigenvalue weighted by molar-refractivity contribution is 7.99. The van der Waals surface area contributed by atoms with Crippen molar-refractivity contribution in [2.75, 3.05) is 31.2 Å². The molecule has 112 valence electrons. The Morgan fingerprint density at radius 2 is 2.32 bits per heavy atom. The van der Waals surface area contributed by atoms with E-state index in [9.17, 15) is 4.79 Å². The van der Waals surface area contributed by atoms with E-state index in [0.29, 0.717) is 18.6 Å². The predicted molar refractivity (Wildman–Crippen MR) is 82.2 cm³/mol. The number of rotatable bonds is 5. The Kier molecular flexibility index (Phi) is 8.86. The van der Waals surface area contributed by atoms with Crippen LogP contribution in [0.2, 0.25) is 0 Å². The second kappa shape index (κ2) is 9.86. The molecule has 2 aliphatic rings. The summed E-state index contributed by atoms with van der Waals surface area (Å²) in [6.07, 6.45) is 5.53. The molecular formula is C13H25ClN2O2S.